The lowest BCUT2D eigenvalue weighted by Gasteiger charge is -2.25. The number of rotatable bonds is 3. The number of aliphatic hydroxyl groups is 1. The summed E-state index contributed by atoms with van der Waals surface area (Å²) in [6.07, 6.45) is 0. The van der Waals surface area contributed by atoms with Gasteiger partial charge in [0.1, 0.15) is 5.75 Å². The van der Waals surface area contributed by atoms with Gasteiger partial charge in [0.2, 0.25) is 0 Å². The summed E-state index contributed by atoms with van der Waals surface area (Å²) in [5.74, 6) is -0.359. The average molecular weight is 258 g/mol. The van der Waals surface area contributed by atoms with Gasteiger partial charge in [-0.3, -0.25) is 4.79 Å². The summed E-state index contributed by atoms with van der Waals surface area (Å²) in [6.45, 7) is 3.40. The Morgan fingerprint density at radius 2 is 2.06 bits per heavy atom. The normalized spacial score (nSPS) is 11.4. The Morgan fingerprint density at radius 1 is 1.47 bits per heavy atom. The number of nitrogens with zero attached hydrogens (tertiary/aromatic N) is 1. The fourth-order valence-corrected chi connectivity index (χ4v) is 1.73. The SMILES string of the molecule is CN(CC(C)(C)O)C(=O)c1cc(O)ccc1Cl. The van der Waals surface area contributed by atoms with Crippen LogP contribution in [-0.4, -0.2) is 40.2 Å². The van der Waals surface area contributed by atoms with Gasteiger partial charge in [0.15, 0.2) is 0 Å². The molecular weight excluding hydrogens is 242 g/mol. The zero-order chi connectivity index (χ0) is 13.2. The zero-order valence-electron chi connectivity index (χ0n) is 10.1. The largest absolute Gasteiger partial charge is 0.508 e. The van der Waals surface area contributed by atoms with Crippen LogP contribution in [-0.2, 0) is 0 Å². The number of phenols is 1. The molecule has 0 bridgehead atoms. The minimum absolute atomic E-state index is 0.0191. The van der Waals surface area contributed by atoms with E-state index in [1.54, 1.807) is 20.9 Å². The van der Waals surface area contributed by atoms with E-state index in [0.717, 1.165) is 0 Å². The fraction of sp³-hybridized carbons (Fsp3) is 0.417. The average Bonchev–Trinajstić information content (AvgIpc) is 2.18. The minimum Gasteiger partial charge on any atom is -0.508 e. The highest BCUT2D eigenvalue weighted by Crippen LogP contribution is 2.22. The molecule has 0 heterocycles. The maximum atomic E-state index is 12.0. The van der Waals surface area contributed by atoms with E-state index in [-0.39, 0.29) is 28.8 Å². The number of carbonyl (C=O) groups excluding carboxylic acids is 1. The van der Waals surface area contributed by atoms with Gasteiger partial charge < -0.3 is 15.1 Å². The topological polar surface area (TPSA) is 60.8 Å². The van der Waals surface area contributed by atoms with Gasteiger partial charge in [-0.05, 0) is 32.0 Å². The van der Waals surface area contributed by atoms with Crippen molar-refractivity contribution < 1.29 is 15.0 Å². The summed E-state index contributed by atoms with van der Waals surface area (Å²) in [5.41, 5.74) is -0.758. The van der Waals surface area contributed by atoms with Crippen molar-refractivity contribution >= 4 is 17.5 Å². The van der Waals surface area contributed by atoms with Crippen molar-refractivity contribution in [3.05, 3.63) is 28.8 Å². The maximum absolute atomic E-state index is 12.0. The van der Waals surface area contributed by atoms with Crippen molar-refractivity contribution in [2.75, 3.05) is 13.6 Å². The van der Waals surface area contributed by atoms with E-state index in [1.165, 1.54) is 23.1 Å². The summed E-state index contributed by atoms with van der Waals surface area (Å²) >= 11 is 5.89. The molecule has 0 aliphatic rings. The second-order valence-corrected chi connectivity index (χ2v) is 5.04. The molecule has 0 saturated heterocycles. The van der Waals surface area contributed by atoms with E-state index in [1.807, 2.05) is 0 Å². The number of benzene rings is 1. The van der Waals surface area contributed by atoms with E-state index in [2.05, 4.69) is 0 Å². The maximum Gasteiger partial charge on any atom is 0.255 e. The second-order valence-electron chi connectivity index (χ2n) is 4.64. The number of aromatic hydroxyl groups is 1. The van der Waals surface area contributed by atoms with E-state index >= 15 is 0 Å². The predicted molar refractivity (Wildman–Crippen MR) is 66.4 cm³/mol. The van der Waals surface area contributed by atoms with E-state index in [9.17, 15) is 15.0 Å². The van der Waals surface area contributed by atoms with Gasteiger partial charge in [0.25, 0.3) is 5.91 Å². The Labute approximate surface area is 105 Å². The Balaban J connectivity index is 2.93. The van der Waals surface area contributed by atoms with Gasteiger partial charge in [-0.15, -0.1) is 0 Å². The number of phenolic OH excluding ortho intramolecular Hbond substituents is 1. The molecule has 1 aromatic rings. The van der Waals surface area contributed by atoms with Crippen molar-refractivity contribution in [1.29, 1.82) is 0 Å². The highest BCUT2D eigenvalue weighted by atomic mass is 35.5. The molecule has 0 aliphatic heterocycles. The smallest absolute Gasteiger partial charge is 0.255 e. The number of hydrogen-bond acceptors (Lipinski definition) is 3. The van der Waals surface area contributed by atoms with E-state index < -0.39 is 5.60 Å². The molecule has 5 heteroatoms. The first-order chi connectivity index (χ1) is 7.70. The molecule has 4 nitrogen and oxygen atoms in total. The molecule has 0 saturated carbocycles. The van der Waals surface area contributed by atoms with E-state index in [0.29, 0.717) is 0 Å². The van der Waals surface area contributed by atoms with Crippen LogP contribution in [0.5, 0.6) is 5.75 Å². The summed E-state index contributed by atoms with van der Waals surface area (Å²) < 4.78 is 0. The van der Waals surface area contributed by atoms with Crippen LogP contribution < -0.4 is 0 Å². The van der Waals surface area contributed by atoms with Crippen molar-refractivity contribution in [2.45, 2.75) is 19.4 Å². The summed E-state index contributed by atoms with van der Waals surface area (Å²) in [7, 11) is 1.57. The molecule has 0 unspecified atom stereocenters. The number of amides is 1. The molecule has 2 N–H and O–H groups in total. The standard InChI is InChI=1S/C12H16ClNO3/c1-12(2,17)7-14(3)11(16)9-6-8(15)4-5-10(9)13/h4-6,15,17H,7H2,1-3H3. The van der Waals surface area contributed by atoms with Crippen molar-refractivity contribution in [2.24, 2.45) is 0 Å². The molecule has 0 aliphatic carbocycles. The van der Waals surface area contributed by atoms with Crippen molar-refractivity contribution in [3.8, 4) is 5.75 Å². The molecule has 94 valence electrons. The third-order valence-corrected chi connectivity index (χ3v) is 2.48. The number of halogens is 1. The molecule has 0 atom stereocenters. The minimum atomic E-state index is -0.978. The predicted octanol–water partition coefficient (Wildman–Crippen LogP) is 1.89. The zero-order valence-corrected chi connectivity index (χ0v) is 10.8. The van der Waals surface area contributed by atoms with Gasteiger partial charge >= 0.3 is 0 Å². The lowest BCUT2D eigenvalue weighted by atomic mass is 10.1. The molecule has 0 spiro atoms. The molecule has 0 radical (unpaired) electrons. The van der Waals surface area contributed by atoms with Crippen LogP contribution in [0.25, 0.3) is 0 Å². The lowest BCUT2D eigenvalue weighted by Crippen LogP contribution is -2.39. The Hall–Kier alpha value is -1.26. The van der Waals surface area contributed by atoms with Crippen LogP contribution in [0.4, 0.5) is 0 Å². The Kier molecular flexibility index (Phi) is 4.01. The third-order valence-electron chi connectivity index (χ3n) is 2.15. The number of carbonyl (C=O) groups is 1. The van der Waals surface area contributed by atoms with Crippen LogP contribution in [0, 0.1) is 0 Å². The monoisotopic (exact) mass is 257 g/mol. The lowest BCUT2D eigenvalue weighted by molar-refractivity contribution is 0.0368. The highest BCUT2D eigenvalue weighted by Gasteiger charge is 2.22. The number of hydrogen-bond donors (Lipinski definition) is 2. The van der Waals surface area contributed by atoms with Crippen molar-refractivity contribution in [1.82, 2.24) is 4.90 Å². The molecular formula is C12H16ClNO3. The summed E-state index contributed by atoms with van der Waals surface area (Å²) in [5, 5.41) is 19.2. The molecule has 1 rings (SSSR count). The van der Waals surface area contributed by atoms with Crippen LogP contribution in [0.3, 0.4) is 0 Å². The van der Waals surface area contributed by atoms with Crippen LogP contribution in [0.2, 0.25) is 5.02 Å². The molecule has 0 aromatic heterocycles. The van der Waals surface area contributed by atoms with Gasteiger partial charge in [0.05, 0.1) is 16.2 Å². The molecule has 1 aromatic carbocycles. The van der Waals surface area contributed by atoms with Crippen molar-refractivity contribution in [3.63, 3.8) is 0 Å². The Bertz CT molecular complexity index is 426. The third kappa shape index (κ3) is 3.91. The summed E-state index contributed by atoms with van der Waals surface area (Å²) in [6, 6.07) is 4.18. The molecule has 17 heavy (non-hydrogen) atoms. The first kappa shape index (κ1) is 13.8. The molecule has 1 amide bonds. The molecule has 0 fully saturated rings. The van der Waals surface area contributed by atoms with Gasteiger partial charge in [0, 0.05) is 13.6 Å². The summed E-state index contributed by atoms with van der Waals surface area (Å²) in [4.78, 5) is 13.4. The Morgan fingerprint density at radius 3 is 2.59 bits per heavy atom. The number of likely N-dealkylation sites (N-methyl/N-ethyl adjacent to an activating group) is 1. The quantitative estimate of drug-likeness (QED) is 0.869. The van der Waals surface area contributed by atoms with Crippen LogP contribution in [0.1, 0.15) is 24.2 Å². The van der Waals surface area contributed by atoms with Gasteiger partial charge in [-0.1, -0.05) is 11.6 Å². The first-order valence-corrected chi connectivity index (χ1v) is 5.55. The van der Waals surface area contributed by atoms with E-state index in [4.69, 9.17) is 11.6 Å². The first-order valence-electron chi connectivity index (χ1n) is 5.17. The second kappa shape index (κ2) is 4.94. The van der Waals surface area contributed by atoms with Crippen LogP contribution >= 0.6 is 11.6 Å². The van der Waals surface area contributed by atoms with Crippen LogP contribution in [0.15, 0.2) is 18.2 Å². The highest BCUT2D eigenvalue weighted by molar-refractivity contribution is 6.33. The van der Waals surface area contributed by atoms with Gasteiger partial charge in [-0.25, -0.2) is 0 Å². The van der Waals surface area contributed by atoms with Gasteiger partial charge in [-0.2, -0.15) is 0 Å². The fourth-order valence-electron chi connectivity index (χ4n) is 1.53.